The summed E-state index contributed by atoms with van der Waals surface area (Å²) in [5.74, 6) is -0.270. The van der Waals surface area contributed by atoms with E-state index in [-0.39, 0.29) is 28.3 Å². The van der Waals surface area contributed by atoms with Gasteiger partial charge < -0.3 is 13.6 Å². The van der Waals surface area contributed by atoms with Gasteiger partial charge >= 0.3 is 5.97 Å². The number of allylic oxidation sites excluding steroid dienone is 2. The van der Waals surface area contributed by atoms with Gasteiger partial charge in [0.25, 0.3) is 0 Å². The number of esters is 1. The van der Waals surface area contributed by atoms with Gasteiger partial charge in [-0.2, -0.15) is 0 Å². The number of cyclic esters (lactones) is 1. The third-order valence-corrected chi connectivity index (χ3v) is 15.9. The topological polar surface area (TPSA) is 44.8 Å². The summed E-state index contributed by atoms with van der Waals surface area (Å²) in [5, 5.41) is 0.328. The lowest BCUT2D eigenvalue weighted by Crippen LogP contribution is -2.47. The van der Waals surface area contributed by atoms with Crippen molar-refractivity contribution in [1.29, 1.82) is 0 Å². The van der Waals surface area contributed by atoms with E-state index in [0.29, 0.717) is 6.61 Å². The van der Waals surface area contributed by atoms with E-state index < -0.39 is 16.6 Å². The van der Waals surface area contributed by atoms with Gasteiger partial charge in [0.15, 0.2) is 16.6 Å². The molecule has 0 aromatic carbocycles. The van der Waals surface area contributed by atoms with Crippen LogP contribution in [0.25, 0.3) is 0 Å². The predicted molar refractivity (Wildman–Crippen MR) is 136 cm³/mol. The molecule has 0 radical (unpaired) electrons. The molecule has 0 amide bonds. The fraction of sp³-hybridized carbons (Fsp3) is 0.720. The molecule has 178 valence electrons. The van der Waals surface area contributed by atoms with E-state index in [4.69, 9.17) is 13.6 Å². The number of rotatable bonds is 9. The number of carbonyl (C=O) groups excluding carboxylic acids is 1. The van der Waals surface area contributed by atoms with Crippen molar-refractivity contribution in [1.82, 2.24) is 0 Å². The number of carbonyl (C=O) groups is 1. The fourth-order valence-electron chi connectivity index (χ4n) is 2.56. The summed E-state index contributed by atoms with van der Waals surface area (Å²) < 4.78 is 18.6. The maximum Gasteiger partial charge on any atom is 0.331 e. The second-order valence-corrected chi connectivity index (χ2v) is 21.3. The van der Waals surface area contributed by atoms with Crippen LogP contribution in [-0.4, -0.2) is 41.4 Å². The minimum absolute atomic E-state index is 0.0359. The first-order valence-electron chi connectivity index (χ1n) is 11.5. The SMILES string of the molecule is CC(/C=C/[C@H]1CC=CC(=O)O1)=C\C[C@H](CO[Si](C)(C)C(C)(C)C)O[Si](C)(C)C(C)(C)C. The van der Waals surface area contributed by atoms with Crippen molar-refractivity contribution < 1.29 is 18.4 Å². The molecule has 6 heteroatoms. The lowest BCUT2D eigenvalue weighted by Gasteiger charge is -2.41. The highest BCUT2D eigenvalue weighted by Gasteiger charge is 2.41. The molecule has 1 aliphatic heterocycles. The summed E-state index contributed by atoms with van der Waals surface area (Å²) in [6, 6.07) is 0. The number of ether oxygens (including phenoxy) is 1. The van der Waals surface area contributed by atoms with Crippen LogP contribution in [0.4, 0.5) is 0 Å². The van der Waals surface area contributed by atoms with E-state index in [1.807, 2.05) is 18.2 Å². The van der Waals surface area contributed by atoms with Gasteiger partial charge in [-0.1, -0.05) is 65.3 Å². The first kappa shape index (κ1) is 28.1. The second kappa shape index (κ2) is 10.8. The molecule has 0 N–H and O–H groups in total. The summed E-state index contributed by atoms with van der Waals surface area (Å²) in [6.07, 6.45) is 11.0. The van der Waals surface area contributed by atoms with E-state index in [0.717, 1.165) is 18.4 Å². The fourth-order valence-corrected chi connectivity index (χ4v) is 4.95. The molecule has 0 aromatic heterocycles. The van der Waals surface area contributed by atoms with Gasteiger partial charge in [0, 0.05) is 12.5 Å². The molecule has 0 aliphatic carbocycles. The van der Waals surface area contributed by atoms with Crippen molar-refractivity contribution in [3.8, 4) is 0 Å². The summed E-state index contributed by atoms with van der Waals surface area (Å²) >= 11 is 0. The van der Waals surface area contributed by atoms with Gasteiger partial charge in [0.2, 0.25) is 0 Å². The van der Waals surface area contributed by atoms with Crippen LogP contribution >= 0.6 is 0 Å². The first-order chi connectivity index (χ1) is 13.9. The quantitative estimate of drug-likeness (QED) is 0.205. The molecule has 31 heavy (non-hydrogen) atoms. The molecule has 0 bridgehead atoms. The molecular formula is C25H46O4Si2. The number of hydrogen-bond donors (Lipinski definition) is 0. The Morgan fingerprint density at radius 2 is 1.71 bits per heavy atom. The highest BCUT2D eigenvalue weighted by molar-refractivity contribution is 6.74. The molecule has 4 nitrogen and oxygen atoms in total. The van der Waals surface area contributed by atoms with Crippen LogP contribution in [0.3, 0.4) is 0 Å². The van der Waals surface area contributed by atoms with E-state index in [2.05, 4.69) is 80.7 Å². The standard InChI is InChI=1S/C25H46O4Si2/c1-20(15-17-21-13-12-14-23(26)28-21)16-18-22(29-31(10,11)25(5,6)7)19-27-30(8,9)24(2,3)4/h12,14-17,21-22H,13,18-19H2,1-11H3/b17-15+,20-16+/t21-,22-/m1/s1. The maximum absolute atomic E-state index is 11.4. The minimum Gasteiger partial charge on any atom is -0.455 e. The summed E-state index contributed by atoms with van der Waals surface area (Å²) in [6.45, 7) is 25.5. The van der Waals surface area contributed by atoms with Gasteiger partial charge in [-0.3, -0.25) is 0 Å². The van der Waals surface area contributed by atoms with Gasteiger partial charge in [0.1, 0.15) is 6.10 Å². The second-order valence-electron chi connectivity index (χ2n) is 11.7. The largest absolute Gasteiger partial charge is 0.455 e. The maximum atomic E-state index is 11.4. The van der Waals surface area contributed by atoms with E-state index >= 15 is 0 Å². The lowest BCUT2D eigenvalue weighted by molar-refractivity contribution is -0.141. The average molecular weight is 467 g/mol. The third kappa shape index (κ3) is 9.20. The van der Waals surface area contributed by atoms with Crippen LogP contribution in [0, 0.1) is 0 Å². The Bertz CT molecular complexity index is 691. The molecule has 0 spiro atoms. The van der Waals surface area contributed by atoms with Crippen LogP contribution in [-0.2, 0) is 18.4 Å². The third-order valence-electron chi connectivity index (χ3n) is 6.87. The Labute approximate surface area is 193 Å². The molecule has 1 heterocycles. The van der Waals surface area contributed by atoms with Crippen LogP contribution in [0.2, 0.25) is 36.3 Å². The van der Waals surface area contributed by atoms with E-state index in [1.165, 1.54) is 6.08 Å². The van der Waals surface area contributed by atoms with Gasteiger partial charge in [-0.25, -0.2) is 4.79 Å². The molecule has 1 rings (SSSR count). The summed E-state index contributed by atoms with van der Waals surface area (Å²) in [5.41, 5.74) is 1.14. The molecule has 2 atom stereocenters. The average Bonchev–Trinajstić information content (AvgIpc) is 2.60. The van der Waals surface area contributed by atoms with Crippen LogP contribution < -0.4 is 0 Å². The van der Waals surface area contributed by atoms with Crippen molar-refractivity contribution in [2.45, 2.75) is 110 Å². The zero-order valence-electron chi connectivity index (χ0n) is 21.8. The Morgan fingerprint density at radius 3 is 2.23 bits per heavy atom. The lowest BCUT2D eigenvalue weighted by atomic mass is 10.1. The zero-order chi connectivity index (χ0) is 24.1. The van der Waals surface area contributed by atoms with Crippen LogP contribution in [0.1, 0.15) is 61.3 Å². The van der Waals surface area contributed by atoms with Gasteiger partial charge in [-0.15, -0.1) is 0 Å². The van der Waals surface area contributed by atoms with Crippen molar-refractivity contribution >= 4 is 22.6 Å². The molecule has 0 aromatic rings. The Balaban J connectivity index is 2.88. The smallest absolute Gasteiger partial charge is 0.331 e. The molecular weight excluding hydrogens is 420 g/mol. The number of hydrogen-bond acceptors (Lipinski definition) is 4. The Hall–Kier alpha value is -0.956. The van der Waals surface area contributed by atoms with Gasteiger partial charge in [-0.05, 0) is 55.7 Å². The Kier molecular flexibility index (Phi) is 9.76. The molecule has 0 saturated heterocycles. The Morgan fingerprint density at radius 1 is 1.13 bits per heavy atom. The zero-order valence-corrected chi connectivity index (χ0v) is 23.8. The highest BCUT2D eigenvalue weighted by atomic mass is 28.4. The normalized spacial score (nSPS) is 20.3. The first-order valence-corrected chi connectivity index (χ1v) is 17.3. The monoisotopic (exact) mass is 466 g/mol. The predicted octanol–water partition coefficient (Wildman–Crippen LogP) is 7.16. The van der Waals surface area contributed by atoms with Gasteiger partial charge in [0.05, 0.1) is 12.7 Å². The molecule has 1 aliphatic rings. The van der Waals surface area contributed by atoms with Crippen LogP contribution in [0.5, 0.6) is 0 Å². The summed E-state index contributed by atoms with van der Waals surface area (Å²) in [4.78, 5) is 11.4. The van der Waals surface area contributed by atoms with Crippen molar-refractivity contribution in [3.05, 3.63) is 36.0 Å². The van der Waals surface area contributed by atoms with E-state index in [1.54, 1.807) is 0 Å². The molecule has 0 saturated carbocycles. The van der Waals surface area contributed by atoms with Crippen LogP contribution in [0.15, 0.2) is 36.0 Å². The molecule has 0 unspecified atom stereocenters. The van der Waals surface area contributed by atoms with Crippen molar-refractivity contribution in [2.24, 2.45) is 0 Å². The summed E-state index contributed by atoms with van der Waals surface area (Å²) in [7, 11) is -3.76. The highest BCUT2D eigenvalue weighted by Crippen LogP contribution is 2.39. The minimum atomic E-state index is -1.91. The van der Waals surface area contributed by atoms with Crippen molar-refractivity contribution in [2.75, 3.05) is 6.61 Å². The van der Waals surface area contributed by atoms with Crippen molar-refractivity contribution in [3.63, 3.8) is 0 Å². The molecule has 0 fully saturated rings. The van der Waals surface area contributed by atoms with E-state index in [9.17, 15) is 4.79 Å².